The molecule has 1 aliphatic heterocycles. The Morgan fingerprint density at radius 1 is 1.21 bits per heavy atom. The smallest absolute Gasteiger partial charge is 0.220 e. The summed E-state index contributed by atoms with van der Waals surface area (Å²) in [5.41, 5.74) is 6.07. The molecule has 2 heterocycles. The Morgan fingerprint density at radius 3 is 2.71 bits per heavy atom. The largest absolute Gasteiger partial charge is 0.358 e. The molecule has 0 bridgehead atoms. The summed E-state index contributed by atoms with van der Waals surface area (Å²) < 4.78 is 0. The number of aryl methyl sites for hydroxylation is 3. The van der Waals surface area contributed by atoms with Crippen LogP contribution in [0.1, 0.15) is 48.1 Å². The molecule has 4 nitrogen and oxygen atoms in total. The first-order chi connectivity index (χ1) is 11.5. The molecule has 3 rings (SSSR count). The van der Waals surface area contributed by atoms with Crippen LogP contribution >= 0.6 is 0 Å². The Kier molecular flexibility index (Phi) is 5.24. The molecule has 1 amide bonds. The van der Waals surface area contributed by atoms with E-state index in [9.17, 15) is 4.79 Å². The van der Waals surface area contributed by atoms with E-state index in [1.807, 2.05) is 0 Å². The van der Waals surface area contributed by atoms with Gasteiger partial charge in [0, 0.05) is 24.0 Å². The summed E-state index contributed by atoms with van der Waals surface area (Å²) in [6.07, 6.45) is 4.19. The van der Waals surface area contributed by atoms with E-state index in [1.165, 1.54) is 53.7 Å². The summed E-state index contributed by atoms with van der Waals surface area (Å²) in [7, 11) is 0. The molecule has 0 saturated carbocycles. The minimum atomic E-state index is 0.156. The Labute approximate surface area is 144 Å². The molecule has 0 unspecified atom stereocenters. The van der Waals surface area contributed by atoms with E-state index in [0.29, 0.717) is 13.0 Å². The number of likely N-dealkylation sites (tertiary alicyclic amines) is 1. The zero-order chi connectivity index (χ0) is 17.1. The third kappa shape index (κ3) is 3.81. The zero-order valence-electron chi connectivity index (χ0n) is 15.2. The number of amides is 1. The molecule has 1 saturated heterocycles. The van der Waals surface area contributed by atoms with Gasteiger partial charge in [-0.1, -0.05) is 11.6 Å². The predicted octanol–water partition coefficient (Wildman–Crippen LogP) is 3.59. The van der Waals surface area contributed by atoms with Crippen molar-refractivity contribution in [1.29, 1.82) is 0 Å². The van der Waals surface area contributed by atoms with Crippen molar-refractivity contribution in [3.05, 3.63) is 34.5 Å². The molecular weight excluding hydrogens is 298 g/mol. The van der Waals surface area contributed by atoms with E-state index >= 15 is 0 Å². The lowest BCUT2D eigenvalue weighted by atomic mass is 10.0. The van der Waals surface area contributed by atoms with Gasteiger partial charge in [-0.15, -0.1) is 0 Å². The van der Waals surface area contributed by atoms with E-state index in [4.69, 9.17) is 0 Å². The average molecular weight is 327 g/mol. The van der Waals surface area contributed by atoms with Crippen molar-refractivity contribution in [3.8, 4) is 0 Å². The minimum absolute atomic E-state index is 0.156. The van der Waals surface area contributed by atoms with Gasteiger partial charge in [-0.25, -0.2) is 0 Å². The third-order valence-corrected chi connectivity index (χ3v) is 5.20. The fraction of sp³-hybridized carbons (Fsp3) is 0.550. The molecule has 130 valence electrons. The lowest BCUT2D eigenvalue weighted by Crippen LogP contribution is -2.25. The van der Waals surface area contributed by atoms with Crippen LogP contribution < -0.4 is 5.32 Å². The molecule has 24 heavy (non-hydrogen) atoms. The number of carbonyl (C=O) groups excluding carboxylic acids is 1. The van der Waals surface area contributed by atoms with Crippen LogP contribution in [0.15, 0.2) is 12.1 Å². The normalized spacial score (nSPS) is 15.3. The van der Waals surface area contributed by atoms with E-state index in [1.54, 1.807) is 0 Å². The van der Waals surface area contributed by atoms with E-state index in [2.05, 4.69) is 48.1 Å². The van der Waals surface area contributed by atoms with E-state index in [0.717, 1.165) is 18.5 Å². The highest BCUT2D eigenvalue weighted by atomic mass is 16.1. The van der Waals surface area contributed by atoms with Crippen molar-refractivity contribution in [2.75, 3.05) is 19.6 Å². The van der Waals surface area contributed by atoms with Crippen LogP contribution in [0.4, 0.5) is 0 Å². The first-order valence-corrected chi connectivity index (χ1v) is 9.12. The highest BCUT2D eigenvalue weighted by Crippen LogP contribution is 2.26. The van der Waals surface area contributed by atoms with Gasteiger partial charge in [0.15, 0.2) is 0 Å². The second kappa shape index (κ2) is 7.39. The SMILES string of the molecule is Cc1cc(CNC(=O)CCCN2CCCC2)c2[nH]c(C)c(C)c2c1. The van der Waals surface area contributed by atoms with Crippen LogP contribution in [0.2, 0.25) is 0 Å². The number of H-pyrrole nitrogens is 1. The number of nitrogens with zero attached hydrogens (tertiary/aromatic N) is 1. The molecule has 0 atom stereocenters. The molecule has 0 spiro atoms. The van der Waals surface area contributed by atoms with E-state index < -0.39 is 0 Å². The first-order valence-electron chi connectivity index (χ1n) is 9.12. The maximum absolute atomic E-state index is 12.1. The Balaban J connectivity index is 1.56. The number of nitrogens with one attached hydrogen (secondary N) is 2. The molecule has 4 heteroatoms. The fourth-order valence-electron chi connectivity index (χ4n) is 3.68. The van der Waals surface area contributed by atoms with Gasteiger partial charge in [0.1, 0.15) is 0 Å². The monoisotopic (exact) mass is 327 g/mol. The van der Waals surface area contributed by atoms with Crippen LogP contribution in [0, 0.1) is 20.8 Å². The van der Waals surface area contributed by atoms with Gasteiger partial charge in [-0.05, 0) is 76.9 Å². The number of benzene rings is 1. The second-order valence-corrected chi connectivity index (χ2v) is 7.15. The van der Waals surface area contributed by atoms with Crippen LogP contribution in [-0.4, -0.2) is 35.4 Å². The molecular formula is C20H29N3O. The highest BCUT2D eigenvalue weighted by Gasteiger charge is 2.13. The number of aromatic nitrogens is 1. The highest BCUT2D eigenvalue weighted by molar-refractivity contribution is 5.88. The minimum Gasteiger partial charge on any atom is -0.358 e. The zero-order valence-corrected chi connectivity index (χ0v) is 15.2. The van der Waals surface area contributed by atoms with Crippen molar-refractivity contribution in [2.24, 2.45) is 0 Å². The molecule has 1 aliphatic rings. The number of hydrogen-bond donors (Lipinski definition) is 2. The quantitative estimate of drug-likeness (QED) is 0.852. The lowest BCUT2D eigenvalue weighted by molar-refractivity contribution is -0.121. The van der Waals surface area contributed by atoms with Crippen molar-refractivity contribution in [1.82, 2.24) is 15.2 Å². The van der Waals surface area contributed by atoms with Crippen molar-refractivity contribution in [3.63, 3.8) is 0 Å². The summed E-state index contributed by atoms with van der Waals surface area (Å²) >= 11 is 0. The van der Waals surface area contributed by atoms with Crippen LogP contribution in [-0.2, 0) is 11.3 Å². The standard InChI is InChI=1S/C20H29N3O/c1-14-11-17(20-18(12-14)15(2)16(3)22-20)13-21-19(24)7-6-10-23-8-4-5-9-23/h11-12,22H,4-10,13H2,1-3H3,(H,21,24). The number of rotatable bonds is 6. The molecule has 0 radical (unpaired) electrons. The van der Waals surface area contributed by atoms with Crippen LogP contribution in [0.25, 0.3) is 10.9 Å². The second-order valence-electron chi connectivity index (χ2n) is 7.15. The Bertz CT molecular complexity index is 726. The Morgan fingerprint density at radius 2 is 1.96 bits per heavy atom. The molecule has 1 aromatic heterocycles. The first kappa shape index (κ1) is 17.0. The van der Waals surface area contributed by atoms with Gasteiger partial charge in [-0.2, -0.15) is 0 Å². The molecule has 2 N–H and O–H groups in total. The van der Waals surface area contributed by atoms with Crippen LogP contribution in [0.5, 0.6) is 0 Å². The lowest BCUT2D eigenvalue weighted by Gasteiger charge is -2.14. The summed E-state index contributed by atoms with van der Waals surface area (Å²) in [5.74, 6) is 0.156. The van der Waals surface area contributed by atoms with Crippen molar-refractivity contribution >= 4 is 16.8 Å². The van der Waals surface area contributed by atoms with Crippen molar-refractivity contribution < 1.29 is 4.79 Å². The topological polar surface area (TPSA) is 48.1 Å². The fourth-order valence-corrected chi connectivity index (χ4v) is 3.68. The number of hydrogen-bond acceptors (Lipinski definition) is 2. The van der Waals surface area contributed by atoms with Gasteiger partial charge in [-0.3, -0.25) is 4.79 Å². The molecule has 1 fully saturated rings. The van der Waals surface area contributed by atoms with Gasteiger partial charge >= 0.3 is 0 Å². The van der Waals surface area contributed by atoms with Gasteiger partial charge in [0.05, 0.1) is 5.52 Å². The predicted molar refractivity (Wildman–Crippen MR) is 99.3 cm³/mol. The van der Waals surface area contributed by atoms with Gasteiger partial charge < -0.3 is 15.2 Å². The third-order valence-electron chi connectivity index (χ3n) is 5.20. The van der Waals surface area contributed by atoms with Gasteiger partial charge in [0.25, 0.3) is 0 Å². The van der Waals surface area contributed by atoms with Crippen molar-refractivity contribution in [2.45, 2.75) is 53.0 Å². The molecule has 0 aliphatic carbocycles. The summed E-state index contributed by atoms with van der Waals surface area (Å²) in [6, 6.07) is 4.39. The molecule has 1 aromatic carbocycles. The van der Waals surface area contributed by atoms with Crippen LogP contribution in [0.3, 0.4) is 0 Å². The maximum Gasteiger partial charge on any atom is 0.220 e. The summed E-state index contributed by atoms with van der Waals surface area (Å²) in [6.45, 7) is 10.4. The Hall–Kier alpha value is -1.81. The summed E-state index contributed by atoms with van der Waals surface area (Å²) in [5, 5.41) is 4.36. The maximum atomic E-state index is 12.1. The summed E-state index contributed by atoms with van der Waals surface area (Å²) in [4.78, 5) is 18.1. The number of fused-ring (bicyclic) bond motifs is 1. The van der Waals surface area contributed by atoms with Gasteiger partial charge in [0.2, 0.25) is 5.91 Å². The average Bonchev–Trinajstić information content (AvgIpc) is 3.15. The number of aromatic amines is 1. The molecule has 2 aromatic rings. The van der Waals surface area contributed by atoms with E-state index in [-0.39, 0.29) is 5.91 Å². The number of carbonyl (C=O) groups is 1.